The summed E-state index contributed by atoms with van der Waals surface area (Å²) in [7, 11) is 0. The second-order valence-electron chi connectivity index (χ2n) is 5.64. The number of hydrogen-bond acceptors (Lipinski definition) is 2. The van der Waals surface area contributed by atoms with Crippen LogP contribution in [0.15, 0.2) is 71.2 Å². The van der Waals surface area contributed by atoms with E-state index in [9.17, 15) is 4.79 Å². The van der Waals surface area contributed by atoms with Gasteiger partial charge in [-0.25, -0.2) is 0 Å². The molecule has 4 heteroatoms. The van der Waals surface area contributed by atoms with E-state index in [1.54, 1.807) is 0 Å². The van der Waals surface area contributed by atoms with Gasteiger partial charge in [-0.2, -0.15) is 0 Å². The summed E-state index contributed by atoms with van der Waals surface area (Å²) in [6, 6.07) is 21.7. The first-order valence-electron chi connectivity index (χ1n) is 7.78. The van der Waals surface area contributed by atoms with Crippen LogP contribution >= 0.6 is 15.9 Å². The van der Waals surface area contributed by atoms with Gasteiger partial charge >= 0.3 is 0 Å². The average Bonchev–Trinajstić information content (AvgIpc) is 2.61. The van der Waals surface area contributed by atoms with Crippen LogP contribution in [0.3, 0.4) is 0 Å². The van der Waals surface area contributed by atoms with Crippen molar-refractivity contribution in [1.29, 1.82) is 0 Å². The van der Waals surface area contributed by atoms with E-state index in [2.05, 4.69) is 45.5 Å². The predicted molar refractivity (Wildman–Crippen MR) is 100 cm³/mol. The lowest BCUT2D eigenvalue weighted by molar-refractivity contribution is -0.123. The minimum absolute atomic E-state index is 0.000443. The summed E-state index contributed by atoms with van der Waals surface area (Å²) in [6.07, 6.45) is 0. The highest BCUT2D eigenvalue weighted by Crippen LogP contribution is 2.20. The van der Waals surface area contributed by atoms with Gasteiger partial charge in [0, 0.05) is 4.47 Å². The fourth-order valence-electron chi connectivity index (χ4n) is 2.52. The number of amides is 1. The molecule has 1 amide bonds. The van der Waals surface area contributed by atoms with Crippen LogP contribution in [0.2, 0.25) is 0 Å². The SMILES string of the molecule is C[C@H](NC(=O)COc1ccc(Br)cc1)c1ccc2ccccc2c1. The Morgan fingerprint density at radius 3 is 2.50 bits per heavy atom. The van der Waals surface area contributed by atoms with E-state index < -0.39 is 0 Å². The van der Waals surface area contributed by atoms with Crippen molar-refractivity contribution in [3.8, 4) is 5.75 Å². The predicted octanol–water partition coefficient (Wildman–Crippen LogP) is 4.86. The Balaban J connectivity index is 1.59. The molecule has 0 aliphatic rings. The molecule has 0 saturated carbocycles. The van der Waals surface area contributed by atoms with E-state index >= 15 is 0 Å². The van der Waals surface area contributed by atoms with E-state index in [1.807, 2.05) is 49.4 Å². The summed E-state index contributed by atoms with van der Waals surface area (Å²) in [5.74, 6) is 0.533. The first-order valence-corrected chi connectivity index (χ1v) is 8.57. The zero-order chi connectivity index (χ0) is 16.9. The highest BCUT2D eigenvalue weighted by molar-refractivity contribution is 9.10. The second kappa shape index (κ2) is 7.49. The minimum atomic E-state index is -0.140. The number of nitrogens with one attached hydrogen (secondary N) is 1. The summed E-state index contributed by atoms with van der Waals surface area (Å²) in [6.45, 7) is 1.97. The Hall–Kier alpha value is -2.33. The molecule has 0 unspecified atom stereocenters. The van der Waals surface area contributed by atoms with Gasteiger partial charge in [0.1, 0.15) is 5.75 Å². The van der Waals surface area contributed by atoms with Crippen LogP contribution in [0.25, 0.3) is 10.8 Å². The third-order valence-corrected chi connectivity index (χ3v) is 4.36. The molecule has 3 aromatic carbocycles. The highest BCUT2D eigenvalue weighted by atomic mass is 79.9. The fourth-order valence-corrected chi connectivity index (χ4v) is 2.79. The molecule has 3 rings (SSSR count). The van der Waals surface area contributed by atoms with Gasteiger partial charge in [-0.05, 0) is 53.6 Å². The van der Waals surface area contributed by atoms with Gasteiger partial charge in [-0.15, -0.1) is 0 Å². The van der Waals surface area contributed by atoms with Crippen molar-refractivity contribution in [2.45, 2.75) is 13.0 Å². The number of halogens is 1. The standard InChI is InChI=1S/C20H18BrNO2/c1-14(16-7-6-15-4-2-3-5-17(15)12-16)22-20(23)13-24-19-10-8-18(21)9-11-19/h2-12,14H,13H2,1H3,(H,22,23)/t14-/m0/s1. The number of ether oxygens (including phenoxy) is 1. The molecule has 3 nitrogen and oxygen atoms in total. The van der Waals surface area contributed by atoms with Gasteiger partial charge in [0.2, 0.25) is 0 Å². The quantitative estimate of drug-likeness (QED) is 0.683. The number of hydrogen-bond donors (Lipinski definition) is 1. The third kappa shape index (κ3) is 4.15. The van der Waals surface area contributed by atoms with E-state index in [4.69, 9.17) is 4.74 Å². The molecular weight excluding hydrogens is 366 g/mol. The van der Waals surface area contributed by atoms with Crippen LogP contribution in [0.4, 0.5) is 0 Å². The Kier molecular flexibility index (Phi) is 5.16. The molecule has 1 N–H and O–H groups in total. The Bertz CT molecular complexity index is 846. The van der Waals surface area contributed by atoms with Crippen molar-refractivity contribution in [2.24, 2.45) is 0 Å². The molecule has 0 saturated heterocycles. The van der Waals surface area contributed by atoms with Gasteiger partial charge in [0.25, 0.3) is 5.91 Å². The molecule has 0 spiro atoms. The van der Waals surface area contributed by atoms with E-state index in [0.717, 1.165) is 10.0 Å². The maximum Gasteiger partial charge on any atom is 0.258 e. The van der Waals surface area contributed by atoms with Crippen molar-refractivity contribution in [1.82, 2.24) is 5.32 Å². The molecular formula is C20H18BrNO2. The van der Waals surface area contributed by atoms with Gasteiger partial charge in [0.05, 0.1) is 6.04 Å². The van der Waals surface area contributed by atoms with E-state index in [1.165, 1.54) is 10.8 Å². The Labute approximate surface area is 149 Å². The Morgan fingerprint density at radius 2 is 1.75 bits per heavy atom. The molecule has 24 heavy (non-hydrogen) atoms. The second-order valence-corrected chi connectivity index (χ2v) is 6.55. The van der Waals surface area contributed by atoms with Gasteiger partial charge in [-0.1, -0.05) is 52.3 Å². The molecule has 122 valence electrons. The topological polar surface area (TPSA) is 38.3 Å². The number of benzene rings is 3. The number of carbonyl (C=O) groups is 1. The van der Waals surface area contributed by atoms with Crippen molar-refractivity contribution in [3.05, 3.63) is 76.8 Å². The maximum absolute atomic E-state index is 12.1. The molecule has 0 fully saturated rings. The van der Waals surface area contributed by atoms with Gasteiger partial charge in [-0.3, -0.25) is 4.79 Å². The highest BCUT2D eigenvalue weighted by Gasteiger charge is 2.10. The smallest absolute Gasteiger partial charge is 0.258 e. The molecule has 0 heterocycles. The van der Waals surface area contributed by atoms with Crippen LogP contribution in [-0.4, -0.2) is 12.5 Å². The third-order valence-electron chi connectivity index (χ3n) is 3.83. The van der Waals surface area contributed by atoms with Crippen molar-refractivity contribution < 1.29 is 9.53 Å². The maximum atomic E-state index is 12.1. The van der Waals surface area contributed by atoms with E-state index in [-0.39, 0.29) is 18.6 Å². The van der Waals surface area contributed by atoms with Crippen molar-refractivity contribution in [3.63, 3.8) is 0 Å². The molecule has 3 aromatic rings. The van der Waals surface area contributed by atoms with Gasteiger partial charge in [0.15, 0.2) is 6.61 Å². The lowest BCUT2D eigenvalue weighted by Crippen LogP contribution is -2.31. The summed E-state index contributed by atoms with van der Waals surface area (Å²) in [5.41, 5.74) is 1.07. The zero-order valence-corrected chi connectivity index (χ0v) is 14.9. The average molecular weight is 384 g/mol. The molecule has 0 aliphatic carbocycles. The van der Waals surface area contributed by atoms with Crippen molar-refractivity contribution in [2.75, 3.05) is 6.61 Å². The monoisotopic (exact) mass is 383 g/mol. The fraction of sp³-hybridized carbons (Fsp3) is 0.150. The minimum Gasteiger partial charge on any atom is -0.484 e. The van der Waals surface area contributed by atoms with Crippen LogP contribution in [-0.2, 0) is 4.79 Å². The zero-order valence-electron chi connectivity index (χ0n) is 13.3. The molecule has 0 aromatic heterocycles. The Morgan fingerprint density at radius 1 is 1.04 bits per heavy atom. The molecule has 1 atom stereocenters. The van der Waals surface area contributed by atoms with E-state index in [0.29, 0.717) is 5.75 Å². The number of rotatable bonds is 5. The first-order chi connectivity index (χ1) is 11.6. The normalized spacial score (nSPS) is 11.9. The lowest BCUT2D eigenvalue weighted by atomic mass is 10.0. The number of carbonyl (C=O) groups excluding carboxylic acids is 1. The largest absolute Gasteiger partial charge is 0.484 e. The van der Waals surface area contributed by atoms with Crippen LogP contribution < -0.4 is 10.1 Å². The summed E-state index contributed by atoms with van der Waals surface area (Å²) in [4.78, 5) is 12.1. The summed E-state index contributed by atoms with van der Waals surface area (Å²) in [5, 5.41) is 5.33. The summed E-state index contributed by atoms with van der Waals surface area (Å²) >= 11 is 3.37. The molecule has 0 aliphatic heterocycles. The van der Waals surface area contributed by atoms with Gasteiger partial charge < -0.3 is 10.1 Å². The molecule has 0 bridgehead atoms. The van der Waals surface area contributed by atoms with Crippen LogP contribution in [0, 0.1) is 0 Å². The molecule has 0 radical (unpaired) electrons. The lowest BCUT2D eigenvalue weighted by Gasteiger charge is -2.15. The first kappa shape index (κ1) is 16.5. The number of fused-ring (bicyclic) bond motifs is 1. The van der Waals surface area contributed by atoms with Crippen LogP contribution in [0.5, 0.6) is 5.75 Å². The van der Waals surface area contributed by atoms with Crippen molar-refractivity contribution >= 4 is 32.6 Å². The van der Waals surface area contributed by atoms with Crippen LogP contribution in [0.1, 0.15) is 18.5 Å². The summed E-state index contributed by atoms with van der Waals surface area (Å²) < 4.78 is 6.47.